The van der Waals surface area contributed by atoms with Crippen molar-refractivity contribution in [2.24, 2.45) is 0 Å². The van der Waals surface area contributed by atoms with Crippen molar-refractivity contribution in [2.45, 2.75) is 31.6 Å². The van der Waals surface area contributed by atoms with Gasteiger partial charge in [-0.25, -0.2) is 9.37 Å². The van der Waals surface area contributed by atoms with Gasteiger partial charge in [0.25, 0.3) is 0 Å². The molecule has 1 aromatic carbocycles. The van der Waals surface area contributed by atoms with Gasteiger partial charge in [0.05, 0.1) is 0 Å². The highest BCUT2D eigenvalue weighted by molar-refractivity contribution is 5.71. The predicted molar refractivity (Wildman–Crippen MR) is 67.4 cm³/mol. The molecule has 4 nitrogen and oxygen atoms in total. The topological polar surface area (TPSA) is 67.6 Å². The molecule has 0 unspecified atom stereocenters. The van der Waals surface area contributed by atoms with E-state index < -0.39 is 0 Å². The molecule has 2 aromatic rings. The molecule has 1 heterocycles. The van der Waals surface area contributed by atoms with Crippen molar-refractivity contribution in [3.8, 4) is 11.4 Å². The van der Waals surface area contributed by atoms with Gasteiger partial charge in [-0.3, -0.25) is 5.10 Å². The third-order valence-electron chi connectivity index (χ3n) is 3.50. The van der Waals surface area contributed by atoms with E-state index in [1.54, 1.807) is 0 Å². The molecule has 94 valence electrons. The third kappa shape index (κ3) is 1.96. The Hall–Kier alpha value is -1.91. The molecule has 0 spiro atoms. The Morgan fingerprint density at radius 3 is 2.83 bits per heavy atom. The van der Waals surface area contributed by atoms with Crippen LogP contribution in [0.15, 0.2) is 18.2 Å². The molecular weight excluding hydrogens is 231 g/mol. The first-order chi connectivity index (χ1) is 8.74. The van der Waals surface area contributed by atoms with Crippen molar-refractivity contribution in [1.29, 1.82) is 0 Å². The molecule has 1 aliphatic carbocycles. The van der Waals surface area contributed by atoms with E-state index in [-0.39, 0.29) is 5.82 Å². The number of aromatic amines is 1. The summed E-state index contributed by atoms with van der Waals surface area (Å²) in [5.41, 5.74) is 6.87. The lowest BCUT2D eigenvalue weighted by Gasteiger charge is -2.03. The van der Waals surface area contributed by atoms with Crippen molar-refractivity contribution >= 4 is 5.69 Å². The molecule has 1 fully saturated rings. The average molecular weight is 246 g/mol. The number of aromatic nitrogens is 3. The van der Waals surface area contributed by atoms with Gasteiger partial charge in [0.2, 0.25) is 0 Å². The highest BCUT2D eigenvalue weighted by Crippen LogP contribution is 2.33. The number of nitrogens with two attached hydrogens (primary N) is 1. The van der Waals surface area contributed by atoms with Gasteiger partial charge in [-0.1, -0.05) is 12.8 Å². The van der Waals surface area contributed by atoms with E-state index in [1.807, 2.05) is 0 Å². The Morgan fingerprint density at radius 2 is 2.06 bits per heavy atom. The molecule has 0 amide bonds. The number of nitrogens with one attached hydrogen (secondary N) is 1. The molecule has 1 aromatic heterocycles. The van der Waals surface area contributed by atoms with E-state index in [4.69, 9.17) is 5.73 Å². The van der Waals surface area contributed by atoms with Crippen molar-refractivity contribution < 1.29 is 4.39 Å². The highest BCUT2D eigenvalue weighted by atomic mass is 19.1. The monoisotopic (exact) mass is 246 g/mol. The van der Waals surface area contributed by atoms with E-state index in [0.717, 1.165) is 18.7 Å². The van der Waals surface area contributed by atoms with Gasteiger partial charge >= 0.3 is 0 Å². The second kappa shape index (κ2) is 4.40. The fourth-order valence-corrected chi connectivity index (χ4v) is 2.50. The first-order valence-corrected chi connectivity index (χ1v) is 6.22. The number of benzene rings is 1. The molecule has 3 rings (SSSR count). The van der Waals surface area contributed by atoms with Crippen molar-refractivity contribution in [3.05, 3.63) is 29.8 Å². The molecule has 0 atom stereocenters. The molecule has 0 radical (unpaired) electrons. The predicted octanol–water partition coefficient (Wildman–Crippen LogP) is 2.85. The van der Waals surface area contributed by atoms with E-state index in [2.05, 4.69) is 15.2 Å². The van der Waals surface area contributed by atoms with Crippen LogP contribution in [-0.4, -0.2) is 15.2 Å². The Labute approximate surface area is 104 Å². The van der Waals surface area contributed by atoms with Crippen LogP contribution in [0.4, 0.5) is 10.1 Å². The molecule has 0 bridgehead atoms. The molecule has 1 saturated carbocycles. The quantitative estimate of drug-likeness (QED) is 0.800. The number of nitrogens with zero attached hydrogens (tertiary/aromatic N) is 2. The van der Waals surface area contributed by atoms with E-state index in [1.165, 1.54) is 31.0 Å². The summed E-state index contributed by atoms with van der Waals surface area (Å²) in [5.74, 6) is 1.51. The summed E-state index contributed by atoms with van der Waals surface area (Å²) in [6.45, 7) is 0. The standard InChI is InChI=1S/C13H15FN4/c14-9-5-6-11(15)10(7-9)13-16-12(17-18-13)8-3-1-2-4-8/h5-8H,1-4,15H2,(H,16,17,18). The Morgan fingerprint density at radius 1 is 1.28 bits per heavy atom. The van der Waals surface area contributed by atoms with Gasteiger partial charge in [0.15, 0.2) is 5.82 Å². The largest absolute Gasteiger partial charge is 0.398 e. The number of H-pyrrole nitrogens is 1. The molecule has 5 heteroatoms. The number of nitrogen functional groups attached to an aromatic ring is 1. The van der Waals surface area contributed by atoms with Gasteiger partial charge in [0, 0.05) is 17.2 Å². The maximum atomic E-state index is 13.2. The number of halogens is 1. The van der Waals surface area contributed by atoms with Gasteiger partial charge in [-0.05, 0) is 31.0 Å². The first kappa shape index (κ1) is 11.2. The van der Waals surface area contributed by atoms with Crippen molar-refractivity contribution in [1.82, 2.24) is 15.2 Å². The Bertz CT molecular complexity index is 558. The summed E-state index contributed by atoms with van der Waals surface area (Å²) in [7, 11) is 0. The lowest BCUT2D eigenvalue weighted by atomic mass is 10.1. The van der Waals surface area contributed by atoms with Crippen LogP contribution in [0, 0.1) is 5.82 Å². The minimum absolute atomic E-state index is 0.327. The lowest BCUT2D eigenvalue weighted by Crippen LogP contribution is -1.95. The van der Waals surface area contributed by atoms with Gasteiger partial charge in [-0.2, -0.15) is 5.10 Å². The van der Waals surface area contributed by atoms with Crippen molar-refractivity contribution in [2.75, 3.05) is 5.73 Å². The van der Waals surface area contributed by atoms with E-state index in [9.17, 15) is 4.39 Å². The number of anilines is 1. The fourth-order valence-electron chi connectivity index (χ4n) is 2.50. The zero-order valence-electron chi connectivity index (χ0n) is 9.99. The Balaban J connectivity index is 1.94. The summed E-state index contributed by atoms with van der Waals surface area (Å²) < 4.78 is 13.2. The average Bonchev–Trinajstić information content (AvgIpc) is 3.00. The van der Waals surface area contributed by atoms with Crippen LogP contribution < -0.4 is 5.73 Å². The molecular formula is C13H15FN4. The van der Waals surface area contributed by atoms with Gasteiger partial charge in [-0.15, -0.1) is 0 Å². The zero-order valence-corrected chi connectivity index (χ0v) is 9.99. The summed E-state index contributed by atoms with van der Waals surface area (Å²) in [6, 6.07) is 4.25. The summed E-state index contributed by atoms with van der Waals surface area (Å²) in [6.07, 6.45) is 4.77. The smallest absolute Gasteiger partial charge is 0.183 e. The van der Waals surface area contributed by atoms with E-state index in [0.29, 0.717) is 23.0 Å². The summed E-state index contributed by atoms with van der Waals surface area (Å²) >= 11 is 0. The van der Waals surface area contributed by atoms with Crippen LogP contribution in [0.1, 0.15) is 37.4 Å². The third-order valence-corrected chi connectivity index (χ3v) is 3.50. The maximum Gasteiger partial charge on any atom is 0.183 e. The lowest BCUT2D eigenvalue weighted by molar-refractivity contribution is 0.628. The maximum absolute atomic E-state index is 13.2. The van der Waals surface area contributed by atoms with Gasteiger partial charge < -0.3 is 5.73 Å². The number of rotatable bonds is 2. The second-order valence-electron chi connectivity index (χ2n) is 4.76. The van der Waals surface area contributed by atoms with Crippen LogP contribution >= 0.6 is 0 Å². The van der Waals surface area contributed by atoms with Crippen LogP contribution in [0.2, 0.25) is 0 Å². The molecule has 18 heavy (non-hydrogen) atoms. The molecule has 0 saturated heterocycles. The fraction of sp³-hybridized carbons (Fsp3) is 0.385. The normalized spacial score (nSPS) is 16.3. The van der Waals surface area contributed by atoms with Gasteiger partial charge in [0.1, 0.15) is 11.6 Å². The molecule has 3 N–H and O–H groups in total. The SMILES string of the molecule is Nc1ccc(F)cc1-c1n[nH]c(C2CCCC2)n1. The minimum atomic E-state index is -0.327. The zero-order chi connectivity index (χ0) is 12.5. The Kier molecular flexibility index (Phi) is 2.74. The van der Waals surface area contributed by atoms with Crippen LogP contribution in [0.3, 0.4) is 0 Å². The minimum Gasteiger partial charge on any atom is -0.398 e. The number of hydrogen-bond donors (Lipinski definition) is 2. The summed E-state index contributed by atoms with van der Waals surface area (Å²) in [5, 5.41) is 7.10. The molecule has 1 aliphatic rings. The van der Waals surface area contributed by atoms with Crippen molar-refractivity contribution in [3.63, 3.8) is 0 Å². The van der Waals surface area contributed by atoms with Crippen LogP contribution in [-0.2, 0) is 0 Å². The highest BCUT2D eigenvalue weighted by Gasteiger charge is 2.21. The number of hydrogen-bond acceptors (Lipinski definition) is 3. The van der Waals surface area contributed by atoms with Crippen LogP contribution in [0.5, 0.6) is 0 Å². The van der Waals surface area contributed by atoms with Crippen LogP contribution in [0.25, 0.3) is 11.4 Å². The van der Waals surface area contributed by atoms with E-state index >= 15 is 0 Å². The summed E-state index contributed by atoms with van der Waals surface area (Å²) in [4.78, 5) is 4.45. The first-order valence-electron chi connectivity index (χ1n) is 6.22. The molecule has 0 aliphatic heterocycles. The second-order valence-corrected chi connectivity index (χ2v) is 4.76.